The van der Waals surface area contributed by atoms with Crippen LogP contribution in [-0.4, -0.2) is 23.4 Å². The summed E-state index contributed by atoms with van der Waals surface area (Å²) in [5.74, 6) is 0.543. The maximum Gasteiger partial charge on any atom is 0.255 e. The van der Waals surface area contributed by atoms with Crippen LogP contribution in [0.1, 0.15) is 12.5 Å². The van der Waals surface area contributed by atoms with E-state index in [-0.39, 0.29) is 10.6 Å². The zero-order valence-corrected chi connectivity index (χ0v) is 15.0. The molecule has 25 heavy (non-hydrogen) atoms. The summed E-state index contributed by atoms with van der Waals surface area (Å²) in [7, 11) is -8.01. The van der Waals surface area contributed by atoms with E-state index in [4.69, 9.17) is 9.88 Å². The molecular formula is C16H18N2O5S2. The minimum absolute atomic E-state index is 0.118. The predicted molar refractivity (Wildman–Crippen MR) is 97.0 cm³/mol. The van der Waals surface area contributed by atoms with Gasteiger partial charge in [-0.3, -0.25) is 4.72 Å². The van der Waals surface area contributed by atoms with E-state index in [1.807, 2.05) is 6.92 Å². The van der Waals surface area contributed by atoms with Gasteiger partial charge in [-0.1, -0.05) is 30.3 Å². The van der Waals surface area contributed by atoms with Gasteiger partial charge in [-0.25, -0.2) is 22.0 Å². The number of primary sulfonamides is 1. The van der Waals surface area contributed by atoms with Crippen molar-refractivity contribution in [3.05, 3.63) is 59.5 Å². The molecule has 0 radical (unpaired) electrons. The Balaban J connectivity index is 2.30. The molecule has 0 aliphatic carbocycles. The molecule has 0 saturated heterocycles. The summed E-state index contributed by atoms with van der Waals surface area (Å²) < 4.78 is 55.2. The number of sulfonamides is 2. The van der Waals surface area contributed by atoms with Gasteiger partial charge in [0.1, 0.15) is 10.6 Å². The molecule has 0 unspecified atom stereocenters. The molecule has 0 aromatic heterocycles. The molecule has 0 amide bonds. The van der Waals surface area contributed by atoms with E-state index < -0.39 is 20.0 Å². The van der Waals surface area contributed by atoms with Crippen LogP contribution in [0.3, 0.4) is 0 Å². The Morgan fingerprint density at radius 1 is 1.04 bits per heavy atom. The minimum atomic E-state index is -4.06. The molecule has 0 aliphatic rings. The second-order valence-electron chi connectivity index (χ2n) is 4.96. The summed E-state index contributed by atoms with van der Waals surface area (Å²) in [6, 6.07) is 12.4. The summed E-state index contributed by atoms with van der Waals surface area (Å²) >= 11 is 0. The lowest BCUT2D eigenvalue weighted by atomic mass is 10.2. The smallest absolute Gasteiger partial charge is 0.255 e. The average Bonchev–Trinajstić information content (AvgIpc) is 2.53. The summed E-state index contributed by atoms with van der Waals surface area (Å²) in [6.45, 7) is 2.26. The molecule has 0 atom stereocenters. The molecule has 0 saturated carbocycles. The number of hydrogen-bond acceptors (Lipinski definition) is 5. The Bertz CT molecular complexity index is 983. The van der Waals surface area contributed by atoms with E-state index in [1.54, 1.807) is 24.3 Å². The molecule has 0 fully saturated rings. The molecule has 3 N–H and O–H groups in total. The fraction of sp³-hybridized carbons (Fsp3) is 0.125. The third-order valence-electron chi connectivity index (χ3n) is 3.09. The van der Waals surface area contributed by atoms with Gasteiger partial charge >= 0.3 is 0 Å². The van der Waals surface area contributed by atoms with Gasteiger partial charge in [0.15, 0.2) is 0 Å². The van der Waals surface area contributed by atoms with Gasteiger partial charge in [0.2, 0.25) is 10.0 Å². The lowest BCUT2D eigenvalue weighted by Crippen LogP contribution is -2.17. The monoisotopic (exact) mass is 382 g/mol. The zero-order valence-electron chi connectivity index (χ0n) is 13.4. The molecule has 0 aliphatic heterocycles. The second-order valence-corrected chi connectivity index (χ2v) is 8.06. The van der Waals surface area contributed by atoms with Gasteiger partial charge < -0.3 is 4.74 Å². The third kappa shape index (κ3) is 5.31. The van der Waals surface area contributed by atoms with Crippen molar-refractivity contribution in [3.63, 3.8) is 0 Å². The topological polar surface area (TPSA) is 116 Å². The quantitative estimate of drug-likeness (QED) is 0.761. The van der Waals surface area contributed by atoms with Gasteiger partial charge in [0.25, 0.3) is 10.0 Å². The van der Waals surface area contributed by atoms with Crippen LogP contribution in [0.25, 0.3) is 6.08 Å². The Labute approximate surface area is 147 Å². The maximum absolute atomic E-state index is 12.2. The van der Waals surface area contributed by atoms with E-state index in [2.05, 4.69) is 4.72 Å². The van der Waals surface area contributed by atoms with Crippen molar-refractivity contribution in [1.29, 1.82) is 0 Å². The Hall–Kier alpha value is -2.36. The largest absolute Gasteiger partial charge is 0.493 e. The molecule has 2 aromatic rings. The number of rotatable bonds is 7. The first-order chi connectivity index (χ1) is 11.7. The highest BCUT2D eigenvalue weighted by Crippen LogP contribution is 2.23. The van der Waals surface area contributed by atoms with Gasteiger partial charge in [0.05, 0.1) is 17.7 Å². The molecular weight excluding hydrogens is 364 g/mol. The lowest BCUT2D eigenvalue weighted by molar-refractivity contribution is 0.339. The molecule has 0 spiro atoms. The van der Waals surface area contributed by atoms with Crippen molar-refractivity contribution in [1.82, 2.24) is 0 Å². The Morgan fingerprint density at radius 2 is 1.68 bits per heavy atom. The molecule has 0 heterocycles. The highest BCUT2D eigenvalue weighted by molar-refractivity contribution is 7.95. The number of anilines is 1. The van der Waals surface area contributed by atoms with Gasteiger partial charge in [-0.2, -0.15) is 0 Å². The first-order valence-electron chi connectivity index (χ1n) is 7.27. The van der Waals surface area contributed by atoms with E-state index >= 15 is 0 Å². The normalized spacial score (nSPS) is 12.2. The molecule has 2 rings (SSSR count). The van der Waals surface area contributed by atoms with Gasteiger partial charge in [-0.15, -0.1) is 0 Å². The number of para-hydroxylation sites is 2. The lowest BCUT2D eigenvalue weighted by Gasteiger charge is -2.09. The van der Waals surface area contributed by atoms with Crippen molar-refractivity contribution in [3.8, 4) is 5.75 Å². The van der Waals surface area contributed by atoms with Gasteiger partial charge in [-0.05, 0) is 31.2 Å². The van der Waals surface area contributed by atoms with Crippen LogP contribution in [0.5, 0.6) is 5.75 Å². The van der Waals surface area contributed by atoms with Crippen molar-refractivity contribution < 1.29 is 21.6 Å². The maximum atomic E-state index is 12.2. The van der Waals surface area contributed by atoms with Crippen LogP contribution in [0, 0.1) is 0 Å². The number of ether oxygens (including phenoxy) is 1. The van der Waals surface area contributed by atoms with Crippen LogP contribution < -0.4 is 14.6 Å². The predicted octanol–water partition coefficient (Wildman–Crippen LogP) is 2.15. The van der Waals surface area contributed by atoms with Crippen molar-refractivity contribution in [2.75, 3.05) is 11.3 Å². The Morgan fingerprint density at radius 3 is 2.36 bits per heavy atom. The number of benzene rings is 2. The van der Waals surface area contributed by atoms with Crippen molar-refractivity contribution >= 4 is 31.8 Å². The van der Waals surface area contributed by atoms with Crippen LogP contribution in [-0.2, 0) is 20.0 Å². The van der Waals surface area contributed by atoms with E-state index in [0.29, 0.717) is 17.9 Å². The highest BCUT2D eigenvalue weighted by atomic mass is 32.2. The van der Waals surface area contributed by atoms with E-state index in [9.17, 15) is 16.8 Å². The summed E-state index contributed by atoms with van der Waals surface area (Å²) in [5.41, 5.74) is 0.460. The Kier molecular flexibility index (Phi) is 5.83. The summed E-state index contributed by atoms with van der Waals surface area (Å²) in [4.78, 5) is -0.304. The standard InChI is InChI=1S/C16H18N2O5S2/c1-2-23-15-9-5-3-7-13(15)11-12-24(19,20)18-14-8-4-6-10-16(14)25(17,21)22/h3-12,18H,2H2,1H3,(H2,17,21,22)/b12-11+. The molecule has 2 aromatic carbocycles. The summed E-state index contributed by atoms with van der Waals surface area (Å²) in [5, 5.41) is 6.03. The van der Waals surface area contributed by atoms with Crippen LogP contribution in [0.15, 0.2) is 58.8 Å². The fourth-order valence-corrected chi connectivity index (χ4v) is 3.69. The van der Waals surface area contributed by atoms with Crippen LogP contribution in [0.4, 0.5) is 5.69 Å². The third-order valence-corrected chi connectivity index (χ3v) is 5.06. The molecule has 9 heteroatoms. The zero-order chi connectivity index (χ0) is 18.5. The second kappa shape index (κ2) is 7.68. The number of hydrogen-bond donors (Lipinski definition) is 2. The SMILES string of the molecule is CCOc1ccccc1/C=C/S(=O)(=O)Nc1ccccc1S(N)(=O)=O. The van der Waals surface area contributed by atoms with E-state index in [1.165, 1.54) is 30.3 Å². The molecule has 134 valence electrons. The van der Waals surface area contributed by atoms with Gasteiger partial charge in [0, 0.05) is 5.56 Å². The van der Waals surface area contributed by atoms with Crippen LogP contribution >= 0.6 is 0 Å². The number of nitrogens with two attached hydrogens (primary N) is 1. The molecule has 0 bridgehead atoms. The summed E-state index contributed by atoms with van der Waals surface area (Å²) in [6.07, 6.45) is 1.37. The van der Waals surface area contributed by atoms with Crippen molar-refractivity contribution in [2.24, 2.45) is 5.14 Å². The van der Waals surface area contributed by atoms with Crippen LogP contribution in [0.2, 0.25) is 0 Å². The molecule has 7 nitrogen and oxygen atoms in total. The van der Waals surface area contributed by atoms with Crippen molar-refractivity contribution in [2.45, 2.75) is 11.8 Å². The first-order valence-corrected chi connectivity index (χ1v) is 10.4. The minimum Gasteiger partial charge on any atom is -0.493 e. The first kappa shape index (κ1) is 19.0. The van der Waals surface area contributed by atoms with E-state index in [0.717, 1.165) is 5.41 Å². The highest BCUT2D eigenvalue weighted by Gasteiger charge is 2.16. The average molecular weight is 382 g/mol. The number of nitrogens with one attached hydrogen (secondary N) is 1. The fourth-order valence-electron chi connectivity index (χ4n) is 2.05.